The number of hydrogen-bond donors (Lipinski definition) is 1. The topological polar surface area (TPSA) is 90.1 Å². The summed E-state index contributed by atoms with van der Waals surface area (Å²) in [6.45, 7) is 1.99. The molecule has 0 atom stereocenters. The van der Waals surface area contributed by atoms with Gasteiger partial charge in [0.25, 0.3) is 11.6 Å². The van der Waals surface area contributed by atoms with Gasteiger partial charge in [-0.25, -0.2) is 0 Å². The van der Waals surface area contributed by atoms with Crippen molar-refractivity contribution in [2.75, 3.05) is 12.9 Å². The lowest BCUT2D eigenvalue weighted by atomic mass is 10.1. The van der Waals surface area contributed by atoms with E-state index in [0.717, 1.165) is 11.1 Å². The van der Waals surface area contributed by atoms with Crippen LogP contribution in [0.2, 0.25) is 0 Å². The molecule has 8 heteroatoms. The van der Waals surface area contributed by atoms with E-state index in [1.54, 1.807) is 18.7 Å². The Labute approximate surface area is 177 Å². The van der Waals surface area contributed by atoms with Gasteiger partial charge in [-0.1, -0.05) is 47.6 Å². The van der Waals surface area contributed by atoms with Crippen LogP contribution in [-0.2, 0) is 11.3 Å². The molecule has 0 saturated heterocycles. The molecule has 2 heterocycles. The average molecular weight is 420 g/mol. The fourth-order valence-corrected chi connectivity index (χ4v) is 3.36. The summed E-state index contributed by atoms with van der Waals surface area (Å²) in [4.78, 5) is 22.1. The van der Waals surface area contributed by atoms with Gasteiger partial charge in [0.05, 0.1) is 0 Å². The van der Waals surface area contributed by atoms with E-state index in [4.69, 9.17) is 9.26 Å². The van der Waals surface area contributed by atoms with Gasteiger partial charge in [-0.15, -0.1) is 11.8 Å². The first kappa shape index (κ1) is 19.9. The first-order valence-electron chi connectivity index (χ1n) is 9.36. The van der Waals surface area contributed by atoms with Crippen LogP contribution in [0.4, 0.5) is 0 Å². The summed E-state index contributed by atoms with van der Waals surface area (Å²) in [6.07, 6.45) is 2.03. The smallest absolute Gasteiger partial charge is 0.265 e. The van der Waals surface area contributed by atoms with E-state index in [1.807, 2.05) is 60.9 Å². The number of benzene rings is 2. The third-order valence-corrected chi connectivity index (χ3v) is 5.19. The lowest BCUT2D eigenvalue weighted by molar-refractivity contribution is -0.123. The predicted molar refractivity (Wildman–Crippen MR) is 115 cm³/mol. The Bertz CT molecular complexity index is 1160. The van der Waals surface area contributed by atoms with Gasteiger partial charge in [-0.2, -0.15) is 9.97 Å². The van der Waals surface area contributed by atoms with Crippen molar-refractivity contribution in [3.63, 3.8) is 0 Å². The molecule has 0 unspecified atom stereocenters. The first-order valence-corrected chi connectivity index (χ1v) is 10.6. The molecule has 2 aromatic heterocycles. The minimum absolute atomic E-state index is 0.173. The van der Waals surface area contributed by atoms with E-state index in [0.29, 0.717) is 29.2 Å². The van der Waals surface area contributed by atoms with E-state index in [-0.39, 0.29) is 18.4 Å². The summed E-state index contributed by atoms with van der Waals surface area (Å²) in [5, 5.41) is 7.53. The Morgan fingerprint density at radius 2 is 1.87 bits per heavy atom. The van der Waals surface area contributed by atoms with Crippen LogP contribution in [-0.4, -0.2) is 33.9 Å². The molecule has 0 saturated carbocycles. The zero-order valence-electron chi connectivity index (χ0n) is 16.6. The number of hydrogen-bond acceptors (Lipinski definition) is 7. The Kier molecular flexibility index (Phi) is 5.94. The highest BCUT2D eigenvalue weighted by Gasteiger charge is 2.19. The van der Waals surface area contributed by atoms with E-state index < -0.39 is 0 Å². The number of carbonyl (C=O) groups excluding carboxylic acids is 1. The van der Waals surface area contributed by atoms with Gasteiger partial charge in [0.1, 0.15) is 16.9 Å². The normalized spacial score (nSPS) is 10.9. The number of rotatable bonds is 7. The molecule has 0 aliphatic heterocycles. The molecule has 0 radical (unpaired) electrons. The van der Waals surface area contributed by atoms with Gasteiger partial charge in [-0.05, 0) is 30.9 Å². The molecular formula is C22H20N4O3S. The number of ether oxygens (including phenoxy) is 1. The molecule has 7 nitrogen and oxygen atoms in total. The Morgan fingerprint density at radius 1 is 1.10 bits per heavy atom. The molecule has 0 spiro atoms. The first-order chi connectivity index (χ1) is 14.6. The van der Waals surface area contributed by atoms with Gasteiger partial charge < -0.3 is 14.6 Å². The quantitative estimate of drug-likeness (QED) is 0.452. The second-order valence-corrected chi connectivity index (χ2v) is 7.45. The van der Waals surface area contributed by atoms with Crippen LogP contribution in [0.1, 0.15) is 11.4 Å². The highest BCUT2D eigenvalue weighted by atomic mass is 32.2. The Morgan fingerprint density at radius 3 is 2.60 bits per heavy atom. The number of nitrogens with one attached hydrogen (secondary N) is 1. The second-order valence-electron chi connectivity index (χ2n) is 6.57. The standard InChI is InChI=1S/C22H20N4O3S/c1-14-24-21(19-20(26-29-22(19)25-14)16-6-4-3-5-7-16)28-13-18(27)23-12-15-8-10-17(30-2)11-9-15/h3-11H,12-13H2,1-2H3,(H,23,27). The number of aromatic nitrogens is 3. The molecule has 152 valence electrons. The molecule has 0 aliphatic rings. The van der Waals surface area contributed by atoms with Crippen molar-refractivity contribution in [1.29, 1.82) is 0 Å². The lowest BCUT2D eigenvalue weighted by Crippen LogP contribution is -2.28. The maximum Gasteiger partial charge on any atom is 0.265 e. The highest BCUT2D eigenvalue weighted by molar-refractivity contribution is 7.98. The van der Waals surface area contributed by atoms with Gasteiger partial charge in [0.15, 0.2) is 6.61 Å². The van der Waals surface area contributed by atoms with Crippen LogP contribution in [0.15, 0.2) is 64.0 Å². The predicted octanol–water partition coefficient (Wildman–Crippen LogP) is 4.01. The Hall–Kier alpha value is -3.39. The summed E-state index contributed by atoms with van der Waals surface area (Å²) in [7, 11) is 0. The zero-order valence-corrected chi connectivity index (χ0v) is 17.4. The second kappa shape index (κ2) is 8.96. The van der Waals surface area contributed by atoms with Gasteiger partial charge in [0, 0.05) is 17.0 Å². The molecule has 0 fully saturated rings. The van der Waals surface area contributed by atoms with Gasteiger partial charge in [0.2, 0.25) is 5.88 Å². The van der Waals surface area contributed by atoms with Crippen molar-refractivity contribution >= 4 is 28.8 Å². The SMILES string of the molecule is CSc1ccc(CNC(=O)COc2nc(C)nc3onc(-c4ccccc4)c23)cc1. The van der Waals surface area contributed by atoms with Crippen LogP contribution in [0.3, 0.4) is 0 Å². The number of amides is 1. The molecule has 0 bridgehead atoms. The Balaban J connectivity index is 1.47. The van der Waals surface area contributed by atoms with E-state index >= 15 is 0 Å². The summed E-state index contributed by atoms with van der Waals surface area (Å²) < 4.78 is 11.1. The zero-order chi connectivity index (χ0) is 20.9. The average Bonchev–Trinajstić information content (AvgIpc) is 3.21. The molecular weight excluding hydrogens is 400 g/mol. The lowest BCUT2D eigenvalue weighted by Gasteiger charge is -2.09. The van der Waals surface area contributed by atoms with E-state index in [9.17, 15) is 4.79 Å². The molecule has 4 rings (SSSR count). The molecule has 1 N–H and O–H groups in total. The van der Waals surface area contributed by atoms with Crippen LogP contribution in [0.5, 0.6) is 5.88 Å². The molecule has 1 amide bonds. The number of carbonyl (C=O) groups is 1. The third-order valence-electron chi connectivity index (χ3n) is 4.45. The number of thioether (sulfide) groups is 1. The maximum atomic E-state index is 12.3. The van der Waals surface area contributed by atoms with Crippen LogP contribution < -0.4 is 10.1 Å². The molecule has 30 heavy (non-hydrogen) atoms. The van der Waals surface area contributed by atoms with Crippen LogP contribution in [0.25, 0.3) is 22.4 Å². The molecule has 4 aromatic rings. The van der Waals surface area contributed by atoms with Crippen LogP contribution in [0, 0.1) is 6.92 Å². The van der Waals surface area contributed by atoms with Crippen molar-refractivity contribution in [1.82, 2.24) is 20.4 Å². The summed E-state index contributed by atoms with van der Waals surface area (Å²) in [5.41, 5.74) is 2.78. The van der Waals surface area contributed by atoms with Gasteiger partial charge >= 0.3 is 0 Å². The third kappa shape index (κ3) is 4.44. The largest absolute Gasteiger partial charge is 0.467 e. The molecule has 2 aromatic carbocycles. The minimum atomic E-state index is -0.244. The van der Waals surface area contributed by atoms with Crippen LogP contribution >= 0.6 is 11.8 Å². The monoisotopic (exact) mass is 420 g/mol. The van der Waals surface area contributed by atoms with Crippen molar-refractivity contribution < 1.29 is 14.1 Å². The fraction of sp³-hybridized carbons (Fsp3) is 0.182. The van der Waals surface area contributed by atoms with Crippen molar-refractivity contribution in [2.45, 2.75) is 18.4 Å². The minimum Gasteiger partial charge on any atom is -0.467 e. The van der Waals surface area contributed by atoms with Gasteiger partial charge in [-0.3, -0.25) is 4.79 Å². The number of nitrogens with zero attached hydrogens (tertiary/aromatic N) is 3. The van der Waals surface area contributed by atoms with Crippen molar-refractivity contribution in [2.24, 2.45) is 0 Å². The summed E-state index contributed by atoms with van der Waals surface area (Å²) >= 11 is 1.68. The highest BCUT2D eigenvalue weighted by Crippen LogP contribution is 2.32. The van der Waals surface area contributed by atoms with E-state index in [1.165, 1.54) is 4.90 Å². The fourth-order valence-electron chi connectivity index (χ4n) is 2.95. The van der Waals surface area contributed by atoms with Crippen molar-refractivity contribution in [3.8, 4) is 17.1 Å². The van der Waals surface area contributed by atoms with Crippen molar-refractivity contribution in [3.05, 3.63) is 66.0 Å². The summed E-state index contributed by atoms with van der Waals surface area (Å²) in [6, 6.07) is 17.6. The summed E-state index contributed by atoms with van der Waals surface area (Å²) in [5.74, 6) is 0.505. The number of aryl methyl sites for hydroxylation is 1. The maximum absolute atomic E-state index is 12.3. The van der Waals surface area contributed by atoms with E-state index in [2.05, 4.69) is 20.4 Å². The number of fused-ring (bicyclic) bond motifs is 1. The molecule has 0 aliphatic carbocycles.